The number of carboxylic acids is 1. The average Bonchev–Trinajstić information content (AvgIpc) is 1.28. The van der Waals surface area contributed by atoms with Crippen LogP contribution in [0.2, 0.25) is 0 Å². The molecule has 3 aromatic rings. The van der Waals surface area contributed by atoms with E-state index in [-0.39, 0.29) is 141 Å². The van der Waals surface area contributed by atoms with E-state index in [1.165, 1.54) is 60.6 Å². The van der Waals surface area contributed by atoms with E-state index in [1.54, 1.807) is 0 Å². The van der Waals surface area contributed by atoms with Gasteiger partial charge in [0.05, 0.1) is 60.9 Å². The van der Waals surface area contributed by atoms with Gasteiger partial charge in [-0.3, -0.25) is 43.4 Å². The Morgan fingerprint density at radius 2 is 1.59 bits per heavy atom. The number of phenolic OH excluding ortho intramolecular Hbond substituents is 2. The molecule has 5 amide bonds. The van der Waals surface area contributed by atoms with Gasteiger partial charge in [0.1, 0.15) is 60.6 Å². The Labute approximate surface area is 496 Å². The number of ether oxygens (including phenoxy) is 7. The predicted molar refractivity (Wildman–Crippen MR) is 296 cm³/mol. The number of carboxylic acid groups (broad SMARTS) is 1. The summed E-state index contributed by atoms with van der Waals surface area (Å²) in [5.74, 6) is -7.69. The highest BCUT2D eigenvalue weighted by Gasteiger charge is 2.46. The van der Waals surface area contributed by atoms with E-state index in [0.717, 1.165) is 11.2 Å². The number of Topliss-reactive ketones (excluding diaryl/α,β-unsaturated/α-hetero) is 1. The number of hydrogen-bond acceptors (Lipinski definition) is 23. The molecule has 0 radical (unpaired) electrons. The van der Waals surface area contributed by atoms with E-state index in [4.69, 9.17) is 33.2 Å². The number of phenols is 2. The maximum absolute atomic E-state index is 14.1. The number of aliphatic hydroxyl groups excluding tert-OH is 4. The fourth-order valence-electron chi connectivity index (χ4n) is 11.3. The number of benzene rings is 3. The normalized spacial score (nSPS) is 23.9. The van der Waals surface area contributed by atoms with Crippen molar-refractivity contribution < 1.29 is 112 Å². The van der Waals surface area contributed by atoms with Gasteiger partial charge in [-0.2, -0.15) is 0 Å². The first-order chi connectivity index (χ1) is 41.8. The molecule has 4 unspecified atom stereocenters. The molecule has 28 nitrogen and oxygen atoms in total. The fourth-order valence-corrected chi connectivity index (χ4v) is 11.3. The van der Waals surface area contributed by atoms with Crippen molar-refractivity contribution in [3.8, 4) is 23.0 Å². The third kappa shape index (κ3) is 14.2. The summed E-state index contributed by atoms with van der Waals surface area (Å²) in [7, 11) is 1.32. The van der Waals surface area contributed by atoms with Crippen LogP contribution >= 0.6 is 0 Å². The van der Waals surface area contributed by atoms with E-state index in [2.05, 4.69) is 16.0 Å². The molecule has 2 saturated heterocycles. The van der Waals surface area contributed by atoms with Crippen LogP contribution in [0.3, 0.4) is 0 Å². The van der Waals surface area contributed by atoms with Crippen molar-refractivity contribution in [1.29, 1.82) is 0 Å². The van der Waals surface area contributed by atoms with Gasteiger partial charge in [0.2, 0.25) is 30.2 Å². The van der Waals surface area contributed by atoms with Crippen molar-refractivity contribution in [2.45, 2.75) is 127 Å². The van der Waals surface area contributed by atoms with Gasteiger partial charge in [0, 0.05) is 73.5 Å². The summed E-state index contributed by atoms with van der Waals surface area (Å²) in [5, 5.41) is 83.0. The molecule has 0 aromatic heterocycles. The van der Waals surface area contributed by atoms with Crippen LogP contribution in [0.4, 0.5) is 10.5 Å². The first kappa shape index (κ1) is 63.0. The Morgan fingerprint density at radius 3 is 2.33 bits per heavy atom. The number of nitrogens with one attached hydrogen (secondary N) is 3. The lowest BCUT2D eigenvalue weighted by molar-refractivity contribution is -0.228. The van der Waals surface area contributed by atoms with Gasteiger partial charge in [-0.15, -0.1) is 0 Å². The first-order valence-electron chi connectivity index (χ1n) is 28.4. The van der Waals surface area contributed by atoms with Gasteiger partial charge in [0.25, 0.3) is 11.8 Å². The average molecular weight is 1210 g/mol. The Balaban J connectivity index is 0.779. The molecule has 28 heteroatoms. The molecule has 2 fully saturated rings. The zero-order valence-corrected chi connectivity index (χ0v) is 47.2. The van der Waals surface area contributed by atoms with E-state index < -0.39 is 120 Å². The van der Waals surface area contributed by atoms with Crippen LogP contribution in [-0.4, -0.2) is 188 Å². The number of imide groups is 1. The quantitative estimate of drug-likeness (QED) is 0.0258. The first-order valence-corrected chi connectivity index (χ1v) is 28.4. The van der Waals surface area contributed by atoms with Crippen molar-refractivity contribution in [3.63, 3.8) is 0 Å². The Kier molecular flexibility index (Phi) is 20.2. The topological polar surface area (TPSA) is 402 Å². The number of hydrogen-bond donors (Lipinski definition) is 10. The standard InChI is InChI=1S/C59H67N5O23/c1-81-39-8-5-7-31-48(39)55(76)51-50(52(31)73)53(74)32-22-30(36(67)26-65)23-40(49(32)56(51)77)86-46-24-33(37(68)28-83-46)60-16-6-10-45-64(19-20-82-45)59(80)84-27-29-11-12-38(85-47-25-35(66)54(75)57(87-47)58(78)79)34(21-29)62-42(70)15-17-61-41(69)9-3-2-4-18-63-43(71)13-14-44(63)72/h5,7-8,11-14,21,28,30,33,35,40,45-47,54,57,60,65-66,68,74-75,77H,2-4,6,9-10,15-20,22-27H2,1H3,(H,61,69)(H,62,70)(H,78,79)/t30-,33?,35-,40?,45?,46?,47-,54+,57+/m1/s1. The monoisotopic (exact) mass is 1210 g/mol. The van der Waals surface area contributed by atoms with Crippen molar-refractivity contribution in [2.75, 3.05) is 51.8 Å². The number of unbranched alkanes of at least 4 members (excludes halogenated alkanes) is 2. The number of aromatic hydroxyl groups is 2. The maximum Gasteiger partial charge on any atom is 0.412 e. The third-order valence-electron chi connectivity index (χ3n) is 15.8. The van der Waals surface area contributed by atoms with E-state index >= 15 is 0 Å². The highest BCUT2D eigenvalue weighted by molar-refractivity contribution is 6.31. The van der Waals surface area contributed by atoms with Gasteiger partial charge in [-0.05, 0) is 68.8 Å². The molecule has 10 N–H and O–H groups in total. The molecule has 0 spiro atoms. The van der Waals surface area contributed by atoms with Crippen molar-refractivity contribution in [3.05, 3.63) is 99.5 Å². The molecule has 3 aromatic carbocycles. The summed E-state index contributed by atoms with van der Waals surface area (Å²) in [6.45, 7) is -0.339. The lowest BCUT2D eigenvalue weighted by Gasteiger charge is -2.37. The smallest absolute Gasteiger partial charge is 0.412 e. The van der Waals surface area contributed by atoms with Gasteiger partial charge in [-0.25, -0.2) is 9.59 Å². The molecule has 87 heavy (non-hydrogen) atoms. The minimum absolute atomic E-state index is 0.0180. The lowest BCUT2D eigenvalue weighted by atomic mass is 9.73. The number of anilines is 1. The lowest BCUT2D eigenvalue weighted by Crippen LogP contribution is -2.53. The molecule has 9 atom stereocenters. The summed E-state index contributed by atoms with van der Waals surface area (Å²) in [6.07, 6.45) is -5.31. The number of aliphatic hydroxyl groups is 4. The second kappa shape index (κ2) is 27.9. The van der Waals surface area contributed by atoms with E-state index in [1.807, 2.05) is 0 Å². The molecular weight excluding hydrogens is 1150 g/mol. The molecule has 2 aliphatic carbocycles. The fraction of sp³-hybridized carbons (Fsp3) is 0.475. The Bertz CT molecular complexity index is 3240. The summed E-state index contributed by atoms with van der Waals surface area (Å²) in [6, 6.07) is 7.96. The molecular formula is C59H67N5O23. The molecule has 4 aliphatic heterocycles. The van der Waals surface area contributed by atoms with Crippen molar-refractivity contribution in [1.82, 2.24) is 20.4 Å². The van der Waals surface area contributed by atoms with Crippen LogP contribution in [-0.2, 0) is 65.5 Å². The second-order valence-electron chi connectivity index (χ2n) is 21.5. The van der Waals surface area contributed by atoms with Crippen molar-refractivity contribution in [2.24, 2.45) is 5.92 Å². The summed E-state index contributed by atoms with van der Waals surface area (Å²) < 4.78 is 40.3. The number of fused-ring (bicyclic) bond motifs is 3. The molecule has 0 saturated carbocycles. The minimum Gasteiger partial charge on any atom is -0.507 e. The van der Waals surface area contributed by atoms with Crippen LogP contribution in [0, 0.1) is 5.92 Å². The SMILES string of the molecule is COc1cccc2c1C(=O)c1c(O)c3c(c(O)c1C2=O)C[C@@H](C(=O)CO)CC3OC1CC(NCCCC2OCCN2C(=O)OCc2ccc(O[C@H]3C[C@@H](O)[C@H](O)[C@@H](C(=O)O)O3)c(NC(=O)CCNC(=O)CCCCCN3C(=O)C=CC3=O)c2)C(O)=CO1. The van der Waals surface area contributed by atoms with Crippen molar-refractivity contribution >= 4 is 58.7 Å². The largest absolute Gasteiger partial charge is 0.507 e. The van der Waals surface area contributed by atoms with Gasteiger partial charge in [0.15, 0.2) is 17.7 Å². The van der Waals surface area contributed by atoms with Crippen LogP contribution in [0.5, 0.6) is 23.0 Å². The number of amides is 5. The zero-order valence-electron chi connectivity index (χ0n) is 47.2. The Hall–Kier alpha value is -8.51. The van der Waals surface area contributed by atoms with Crippen LogP contribution in [0.25, 0.3) is 0 Å². The summed E-state index contributed by atoms with van der Waals surface area (Å²) in [5.41, 5.74) is -0.735. The number of methoxy groups -OCH3 is 1. The molecule has 6 aliphatic rings. The molecule has 4 heterocycles. The molecule has 9 rings (SSSR count). The predicted octanol–water partition coefficient (Wildman–Crippen LogP) is 2.17. The minimum atomic E-state index is -1.83. The van der Waals surface area contributed by atoms with Crippen LogP contribution in [0.1, 0.15) is 119 Å². The van der Waals surface area contributed by atoms with E-state index in [0.29, 0.717) is 37.7 Å². The van der Waals surface area contributed by atoms with Gasteiger partial charge < -0.3 is 84.9 Å². The summed E-state index contributed by atoms with van der Waals surface area (Å²) >= 11 is 0. The highest BCUT2D eigenvalue weighted by Crippen LogP contribution is 2.52. The van der Waals surface area contributed by atoms with Gasteiger partial charge in [-0.1, -0.05) is 24.6 Å². The van der Waals surface area contributed by atoms with Crippen LogP contribution < -0.4 is 25.4 Å². The number of carbonyl (C=O) groups is 9. The van der Waals surface area contributed by atoms with Gasteiger partial charge >= 0.3 is 12.1 Å². The highest BCUT2D eigenvalue weighted by atomic mass is 16.7. The number of rotatable bonds is 25. The number of nitrogens with zero attached hydrogens (tertiary/aromatic N) is 2. The Morgan fingerprint density at radius 1 is 0.816 bits per heavy atom. The number of aliphatic carboxylic acids is 1. The third-order valence-corrected chi connectivity index (χ3v) is 15.8. The maximum atomic E-state index is 14.1. The number of ketones is 3. The summed E-state index contributed by atoms with van der Waals surface area (Å²) in [4.78, 5) is 118. The molecule has 466 valence electrons. The number of carbonyl (C=O) groups excluding carboxylic acids is 8. The van der Waals surface area contributed by atoms with Crippen LogP contribution in [0.15, 0.2) is 60.6 Å². The molecule has 0 bridgehead atoms. The zero-order chi connectivity index (χ0) is 62.2. The second-order valence-corrected chi connectivity index (χ2v) is 21.5. The van der Waals surface area contributed by atoms with E-state index in [9.17, 15) is 78.9 Å².